The van der Waals surface area contributed by atoms with E-state index in [-0.39, 0.29) is 17.3 Å². The summed E-state index contributed by atoms with van der Waals surface area (Å²) in [5, 5.41) is 8.95. The van der Waals surface area contributed by atoms with Crippen LogP contribution in [-0.4, -0.2) is 28.5 Å². The molecular weight excluding hydrogens is 268 g/mol. The molecule has 0 saturated carbocycles. The Morgan fingerprint density at radius 2 is 1.71 bits per heavy atom. The Morgan fingerprint density at radius 3 is 2.29 bits per heavy atom. The van der Waals surface area contributed by atoms with Gasteiger partial charge in [-0.1, -0.05) is 23.8 Å². The molecule has 1 N–H and O–H groups in total. The lowest BCUT2D eigenvalue weighted by Crippen LogP contribution is -2.31. The highest BCUT2D eigenvalue weighted by atomic mass is 16.4. The highest BCUT2D eigenvalue weighted by Crippen LogP contribution is 2.17. The Kier molecular flexibility index (Phi) is 4.33. The summed E-state index contributed by atoms with van der Waals surface area (Å²) in [5.41, 5.74) is 1.85. The number of aryl methyl sites for hydroxylation is 1. The molecule has 1 amide bonds. The molecule has 1 aromatic carbocycles. The van der Waals surface area contributed by atoms with E-state index in [9.17, 15) is 9.59 Å². The summed E-state index contributed by atoms with van der Waals surface area (Å²) < 4.78 is 0. The third kappa shape index (κ3) is 3.25. The van der Waals surface area contributed by atoms with Gasteiger partial charge in [0, 0.05) is 12.2 Å². The van der Waals surface area contributed by atoms with Crippen molar-refractivity contribution in [3.8, 4) is 0 Å². The van der Waals surface area contributed by atoms with E-state index in [0.29, 0.717) is 6.54 Å². The molecule has 0 unspecified atom stereocenters. The number of aromatic nitrogens is 1. The zero-order valence-electron chi connectivity index (χ0n) is 11.9. The van der Waals surface area contributed by atoms with Crippen molar-refractivity contribution in [3.05, 3.63) is 59.4 Å². The molecule has 0 fully saturated rings. The number of aromatic carboxylic acids is 1. The van der Waals surface area contributed by atoms with E-state index in [1.54, 1.807) is 4.90 Å². The number of hydrogen-bond acceptors (Lipinski definition) is 3. The van der Waals surface area contributed by atoms with Gasteiger partial charge in [0.1, 0.15) is 11.4 Å². The Balaban J connectivity index is 2.34. The first kappa shape index (κ1) is 14.7. The quantitative estimate of drug-likeness (QED) is 0.937. The van der Waals surface area contributed by atoms with Gasteiger partial charge in [0.2, 0.25) is 0 Å². The zero-order chi connectivity index (χ0) is 15.4. The molecule has 108 valence electrons. The van der Waals surface area contributed by atoms with Crippen molar-refractivity contribution in [2.75, 3.05) is 11.4 Å². The number of nitrogens with zero attached hydrogens (tertiary/aromatic N) is 2. The molecule has 1 heterocycles. The molecule has 0 saturated heterocycles. The molecule has 0 radical (unpaired) electrons. The van der Waals surface area contributed by atoms with Crippen LogP contribution in [0.2, 0.25) is 0 Å². The van der Waals surface area contributed by atoms with Crippen LogP contribution in [0.5, 0.6) is 0 Å². The summed E-state index contributed by atoms with van der Waals surface area (Å²) in [7, 11) is 0. The van der Waals surface area contributed by atoms with E-state index in [1.807, 2.05) is 38.1 Å². The highest BCUT2D eigenvalue weighted by molar-refractivity contribution is 6.05. The molecule has 5 heteroatoms. The predicted octanol–water partition coefficient (Wildman–Crippen LogP) is 2.75. The predicted molar refractivity (Wildman–Crippen MR) is 79.7 cm³/mol. The minimum absolute atomic E-state index is 0.123. The van der Waals surface area contributed by atoms with Gasteiger partial charge in [-0.2, -0.15) is 0 Å². The van der Waals surface area contributed by atoms with Gasteiger partial charge >= 0.3 is 5.97 Å². The van der Waals surface area contributed by atoms with Crippen molar-refractivity contribution < 1.29 is 14.7 Å². The summed E-state index contributed by atoms with van der Waals surface area (Å²) in [5.74, 6) is -1.47. The summed E-state index contributed by atoms with van der Waals surface area (Å²) in [6.07, 6.45) is 0. The highest BCUT2D eigenvalue weighted by Gasteiger charge is 2.18. The summed E-state index contributed by atoms with van der Waals surface area (Å²) >= 11 is 0. The molecule has 0 aliphatic heterocycles. The molecule has 0 aliphatic carbocycles. The van der Waals surface area contributed by atoms with Gasteiger partial charge in [0.15, 0.2) is 0 Å². The van der Waals surface area contributed by atoms with E-state index in [1.165, 1.54) is 18.2 Å². The lowest BCUT2D eigenvalue weighted by molar-refractivity contribution is 0.0690. The molecule has 21 heavy (non-hydrogen) atoms. The maximum atomic E-state index is 12.5. The van der Waals surface area contributed by atoms with Crippen LogP contribution in [0.15, 0.2) is 42.5 Å². The summed E-state index contributed by atoms with van der Waals surface area (Å²) in [6.45, 7) is 4.31. The second kappa shape index (κ2) is 6.17. The van der Waals surface area contributed by atoms with Crippen LogP contribution in [0.4, 0.5) is 5.69 Å². The molecule has 2 rings (SSSR count). The standard InChI is InChI=1S/C16H16N2O3/c1-3-18(12-9-7-11(2)8-10-12)15(19)13-5-4-6-14(17-13)16(20)21/h4-10H,3H2,1-2H3,(H,20,21). The molecule has 0 atom stereocenters. The third-order valence-electron chi connectivity index (χ3n) is 3.09. The number of rotatable bonds is 4. The van der Waals surface area contributed by atoms with E-state index in [0.717, 1.165) is 11.3 Å². The molecule has 0 aliphatic rings. The first-order chi connectivity index (χ1) is 10.0. The van der Waals surface area contributed by atoms with Crippen molar-refractivity contribution in [2.45, 2.75) is 13.8 Å². The van der Waals surface area contributed by atoms with Gasteiger partial charge in [0.25, 0.3) is 5.91 Å². The van der Waals surface area contributed by atoms with Crippen molar-refractivity contribution >= 4 is 17.6 Å². The van der Waals surface area contributed by atoms with Crippen LogP contribution in [0.3, 0.4) is 0 Å². The van der Waals surface area contributed by atoms with Crippen LogP contribution in [0, 0.1) is 6.92 Å². The second-order valence-corrected chi connectivity index (χ2v) is 4.60. The van der Waals surface area contributed by atoms with Gasteiger partial charge in [0.05, 0.1) is 0 Å². The monoisotopic (exact) mass is 284 g/mol. The third-order valence-corrected chi connectivity index (χ3v) is 3.09. The maximum absolute atomic E-state index is 12.5. The number of carbonyl (C=O) groups excluding carboxylic acids is 1. The van der Waals surface area contributed by atoms with Crippen molar-refractivity contribution in [1.82, 2.24) is 4.98 Å². The number of carboxylic acid groups (broad SMARTS) is 1. The van der Waals surface area contributed by atoms with Crippen LogP contribution >= 0.6 is 0 Å². The van der Waals surface area contributed by atoms with E-state index in [4.69, 9.17) is 5.11 Å². The van der Waals surface area contributed by atoms with Crippen molar-refractivity contribution in [2.24, 2.45) is 0 Å². The van der Waals surface area contributed by atoms with E-state index < -0.39 is 5.97 Å². The Hall–Kier alpha value is -2.69. The summed E-state index contributed by atoms with van der Waals surface area (Å²) in [4.78, 5) is 28.9. The zero-order valence-corrected chi connectivity index (χ0v) is 11.9. The number of anilines is 1. The SMILES string of the molecule is CCN(C(=O)c1cccc(C(=O)O)n1)c1ccc(C)cc1. The molecule has 0 bridgehead atoms. The fraction of sp³-hybridized carbons (Fsp3) is 0.188. The molecule has 0 spiro atoms. The lowest BCUT2D eigenvalue weighted by Gasteiger charge is -2.20. The van der Waals surface area contributed by atoms with Gasteiger partial charge in [-0.15, -0.1) is 0 Å². The maximum Gasteiger partial charge on any atom is 0.354 e. The number of amides is 1. The number of carboxylic acids is 1. The summed E-state index contributed by atoms with van der Waals surface area (Å²) in [6, 6.07) is 12.0. The number of benzene rings is 1. The fourth-order valence-corrected chi connectivity index (χ4v) is 1.98. The van der Waals surface area contributed by atoms with Gasteiger partial charge in [-0.3, -0.25) is 4.79 Å². The van der Waals surface area contributed by atoms with Crippen LogP contribution in [0.25, 0.3) is 0 Å². The minimum atomic E-state index is -1.15. The topological polar surface area (TPSA) is 70.5 Å². The fourth-order valence-electron chi connectivity index (χ4n) is 1.98. The lowest BCUT2D eigenvalue weighted by atomic mass is 10.2. The largest absolute Gasteiger partial charge is 0.477 e. The van der Waals surface area contributed by atoms with Crippen LogP contribution in [0.1, 0.15) is 33.5 Å². The average molecular weight is 284 g/mol. The van der Waals surface area contributed by atoms with E-state index >= 15 is 0 Å². The van der Waals surface area contributed by atoms with Crippen molar-refractivity contribution in [1.29, 1.82) is 0 Å². The molecule has 1 aromatic heterocycles. The molecular formula is C16H16N2O3. The minimum Gasteiger partial charge on any atom is -0.477 e. The number of carbonyl (C=O) groups is 2. The smallest absolute Gasteiger partial charge is 0.354 e. The van der Waals surface area contributed by atoms with Crippen molar-refractivity contribution in [3.63, 3.8) is 0 Å². The molecule has 2 aromatic rings. The average Bonchev–Trinajstić information content (AvgIpc) is 2.50. The Morgan fingerprint density at radius 1 is 1.10 bits per heavy atom. The Bertz CT molecular complexity index is 665. The van der Waals surface area contributed by atoms with Gasteiger partial charge in [-0.25, -0.2) is 9.78 Å². The van der Waals surface area contributed by atoms with E-state index in [2.05, 4.69) is 4.98 Å². The Labute approximate surface area is 122 Å². The second-order valence-electron chi connectivity index (χ2n) is 4.60. The van der Waals surface area contributed by atoms with Crippen LogP contribution < -0.4 is 4.90 Å². The normalized spacial score (nSPS) is 10.2. The van der Waals surface area contributed by atoms with Gasteiger partial charge < -0.3 is 10.0 Å². The number of hydrogen-bond donors (Lipinski definition) is 1. The first-order valence-electron chi connectivity index (χ1n) is 6.62. The number of pyridine rings is 1. The van der Waals surface area contributed by atoms with Crippen LogP contribution in [-0.2, 0) is 0 Å². The molecule has 5 nitrogen and oxygen atoms in total. The van der Waals surface area contributed by atoms with Gasteiger partial charge in [-0.05, 0) is 38.1 Å². The first-order valence-corrected chi connectivity index (χ1v) is 6.62.